The predicted molar refractivity (Wildman–Crippen MR) is 87.2 cm³/mol. The fraction of sp³-hybridized carbons (Fsp3) is 1.00. The minimum absolute atomic E-state index is 0.685. The molecule has 2 rings (SSSR count). The molecule has 0 aliphatic carbocycles. The van der Waals surface area contributed by atoms with E-state index in [-0.39, 0.29) is 0 Å². The summed E-state index contributed by atoms with van der Waals surface area (Å²) in [6.45, 7) is 13.3. The van der Waals surface area contributed by atoms with Crippen molar-refractivity contribution in [3.05, 3.63) is 0 Å². The topological polar surface area (TPSA) is 18.5 Å². The molecule has 2 heterocycles. The summed E-state index contributed by atoms with van der Waals surface area (Å²) in [7, 11) is 0. The Morgan fingerprint density at radius 3 is 2.65 bits per heavy atom. The molecule has 3 nitrogen and oxygen atoms in total. The lowest BCUT2D eigenvalue weighted by Gasteiger charge is -2.48. The molecule has 0 aromatic heterocycles. The van der Waals surface area contributed by atoms with E-state index in [1.165, 1.54) is 64.7 Å². The van der Waals surface area contributed by atoms with Crippen molar-refractivity contribution >= 4 is 0 Å². The van der Waals surface area contributed by atoms with Crippen LogP contribution in [0.15, 0.2) is 0 Å². The van der Waals surface area contributed by atoms with Crippen molar-refractivity contribution < 1.29 is 0 Å². The Kier molecular flexibility index (Phi) is 6.79. The SMILES string of the molecule is CCCC(NCC)C(CC)N1CCN2CCCCC2C1. The Balaban J connectivity index is 1.95. The molecule has 0 bridgehead atoms. The van der Waals surface area contributed by atoms with Crippen LogP contribution in [0.4, 0.5) is 0 Å². The van der Waals surface area contributed by atoms with Gasteiger partial charge in [-0.3, -0.25) is 9.80 Å². The monoisotopic (exact) mass is 281 g/mol. The Labute approximate surface area is 126 Å². The lowest BCUT2D eigenvalue weighted by Crippen LogP contribution is -2.60. The van der Waals surface area contributed by atoms with Crippen molar-refractivity contribution in [1.82, 2.24) is 15.1 Å². The number of hydrogen-bond donors (Lipinski definition) is 1. The van der Waals surface area contributed by atoms with Gasteiger partial charge in [-0.15, -0.1) is 0 Å². The van der Waals surface area contributed by atoms with E-state index in [1.54, 1.807) is 0 Å². The first kappa shape index (κ1) is 16.3. The molecule has 118 valence electrons. The molecule has 0 amide bonds. The number of fused-ring (bicyclic) bond motifs is 1. The van der Waals surface area contributed by atoms with Crippen LogP contribution in [0.1, 0.15) is 59.3 Å². The zero-order valence-corrected chi connectivity index (χ0v) is 13.9. The highest BCUT2D eigenvalue weighted by Gasteiger charge is 2.33. The second-order valence-electron chi connectivity index (χ2n) is 6.61. The third-order valence-corrected chi connectivity index (χ3v) is 5.29. The maximum absolute atomic E-state index is 3.75. The first-order chi connectivity index (χ1) is 9.80. The number of nitrogens with one attached hydrogen (secondary N) is 1. The van der Waals surface area contributed by atoms with E-state index >= 15 is 0 Å². The van der Waals surface area contributed by atoms with Crippen LogP contribution < -0.4 is 5.32 Å². The number of likely N-dealkylation sites (N-methyl/N-ethyl adjacent to an activating group) is 1. The summed E-state index contributed by atoms with van der Waals surface area (Å²) in [5.74, 6) is 0. The summed E-state index contributed by atoms with van der Waals surface area (Å²) in [4.78, 5) is 5.55. The van der Waals surface area contributed by atoms with Gasteiger partial charge in [-0.1, -0.05) is 33.6 Å². The lowest BCUT2D eigenvalue weighted by molar-refractivity contribution is 0.0160. The van der Waals surface area contributed by atoms with Crippen LogP contribution in [0, 0.1) is 0 Å². The molecule has 0 radical (unpaired) electrons. The van der Waals surface area contributed by atoms with E-state index in [2.05, 4.69) is 35.9 Å². The largest absolute Gasteiger partial charge is 0.313 e. The van der Waals surface area contributed by atoms with E-state index < -0.39 is 0 Å². The standard InChI is InChI=1S/C17H35N3/c1-4-9-16(18-6-3)17(5-2)20-13-12-19-11-8-7-10-15(19)14-20/h15-18H,4-14H2,1-3H3. The first-order valence-corrected chi connectivity index (χ1v) is 9.01. The number of rotatable bonds is 7. The normalized spacial score (nSPS) is 28.1. The van der Waals surface area contributed by atoms with Gasteiger partial charge in [-0.05, 0) is 38.8 Å². The fourth-order valence-corrected chi connectivity index (χ4v) is 4.28. The molecule has 0 spiro atoms. The molecule has 0 aromatic rings. The molecular weight excluding hydrogens is 246 g/mol. The summed E-state index contributed by atoms with van der Waals surface area (Å²) in [5.41, 5.74) is 0. The van der Waals surface area contributed by atoms with Gasteiger partial charge in [0.1, 0.15) is 0 Å². The van der Waals surface area contributed by atoms with Crippen molar-refractivity contribution in [2.45, 2.75) is 77.4 Å². The van der Waals surface area contributed by atoms with Gasteiger partial charge in [0.2, 0.25) is 0 Å². The molecule has 20 heavy (non-hydrogen) atoms. The number of nitrogens with zero attached hydrogens (tertiary/aromatic N) is 2. The van der Waals surface area contributed by atoms with Gasteiger partial charge in [0.05, 0.1) is 0 Å². The van der Waals surface area contributed by atoms with Gasteiger partial charge >= 0.3 is 0 Å². The van der Waals surface area contributed by atoms with E-state index in [9.17, 15) is 0 Å². The van der Waals surface area contributed by atoms with Gasteiger partial charge in [0.25, 0.3) is 0 Å². The smallest absolute Gasteiger partial charge is 0.0247 e. The molecule has 2 aliphatic rings. The number of piperidine rings is 1. The van der Waals surface area contributed by atoms with Crippen LogP contribution >= 0.6 is 0 Å². The number of piperazine rings is 1. The average molecular weight is 281 g/mol. The van der Waals surface area contributed by atoms with E-state index in [0.717, 1.165) is 18.6 Å². The molecule has 2 fully saturated rings. The Hall–Kier alpha value is -0.120. The lowest BCUT2D eigenvalue weighted by atomic mass is 9.94. The van der Waals surface area contributed by atoms with Crippen LogP contribution in [-0.4, -0.2) is 60.6 Å². The molecule has 0 aromatic carbocycles. The van der Waals surface area contributed by atoms with Gasteiger partial charge in [-0.2, -0.15) is 0 Å². The molecule has 0 saturated carbocycles. The molecule has 3 atom stereocenters. The van der Waals surface area contributed by atoms with Crippen LogP contribution in [0.2, 0.25) is 0 Å². The maximum atomic E-state index is 3.75. The van der Waals surface area contributed by atoms with E-state index in [4.69, 9.17) is 0 Å². The van der Waals surface area contributed by atoms with E-state index in [0.29, 0.717) is 6.04 Å². The average Bonchev–Trinajstić information content (AvgIpc) is 2.48. The third kappa shape index (κ3) is 3.96. The van der Waals surface area contributed by atoms with Crippen LogP contribution in [0.5, 0.6) is 0 Å². The molecular formula is C17H35N3. The van der Waals surface area contributed by atoms with Crippen molar-refractivity contribution in [2.24, 2.45) is 0 Å². The second-order valence-corrected chi connectivity index (χ2v) is 6.61. The number of hydrogen-bond acceptors (Lipinski definition) is 3. The minimum Gasteiger partial charge on any atom is -0.313 e. The van der Waals surface area contributed by atoms with Crippen molar-refractivity contribution in [2.75, 3.05) is 32.7 Å². The summed E-state index contributed by atoms with van der Waals surface area (Å²) >= 11 is 0. The molecule has 3 unspecified atom stereocenters. The quantitative estimate of drug-likeness (QED) is 0.774. The predicted octanol–water partition coefficient (Wildman–Crippen LogP) is 2.71. The third-order valence-electron chi connectivity index (χ3n) is 5.29. The van der Waals surface area contributed by atoms with Crippen LogP contribution in [0.25, 0.3) is 0 Å². The van der Waals surface area contributed by atoms with Crippen molar-refractivity contribution in [3.8, 4) is 0 Å². The zero-order chi connectivity index (χ0) is 14.4. The highest BCUT2D eigenvalue weighted by atomic mass is 15.3. The summed E-state index contributed by atoms with van der Waals surface area (Å²) < 4.78 is 0. The van der Waals surface area contributed by atoms with Crippen LogP contribution in [-0.2, 0) is 0 Å². The first-order valence-electron chi connectivity index (χ1n) is 9.01. The highest BCUT2D eigenvalue weighted by molar-refractivity contribution is 4.91. The van der Waals surface area contributed by atoms with E-state index in [1.807, 2.05) is 0 Å². The van der Waals surface area contributed by atoms with Gasteiger partial charge in [-0.25, -0.2) is 0 Å². The Morgan fingerprint density at radius 1 is 1.10 bits per heavy atom. The van der Waals surface area contributed by atoms with Gasteiger partial charge in [0.15, 0.2) is 0 Å². The van der Waals surface area contributed by atoms with Gasteiger partial charge < -0.3 is 5.32 Å². The fourth-order valence-electron chi connectivity index (χ4n) is 4.28. The highest BCUT2D eigenvalue weighted by Crippen LogP contribution is 2.24. The molecule has 2 aliphatic heterocycles. The summed E-state index contributed by atoms with van der Waals surface area (Å²) in [6, 6.07) is 2.26. The molecule has 2 saturated heterocycles. The van der Waals surface area contributed by atoms with Crippen LogP contribution in [0.3, 0.4) is 0 Å². The Bertz CT molecular complexity index is 263. The minimum atomic E-state index is 0.685. The second kappa shape index (κ2) is 8.35. The van der Waals surface area contributed by atoms with Crippen molar-refractivity contribution in [3.63, 3.8) is 0 Å². The Morgan fingerprint density at radius 2 is 1.95 bits per heavy atom. The summed E-state index contributed by atoms with van der Waals surface area (Å²) in [6.07, 6.45) is 8.17. The van der Waals surface area contributed by atoms with Gasteiger partial charge in [0, 0.05) is 37.8 Å². The molecule has 1 N–H and O–H groups in total. The zero-order valence-electron chi connectivity index (χ0n) is 13.9. The molecule has 3 heteroatoms. The summed E-state index contributed by atoms with van der Waals surface area (Å²) in [5, 5.41) is 3.75. The maximum Gasteiger partial charge on any atom is 0.0247 e. The van der Waals surface area contributed by atoms with Crippen molar-refractivity contribution in [1.29, 1.82) is 0 Å².